The maximum atomic E-state index is 11.8. The van der Waals surface area contributed by atoms with Gasteiger partial charge in [-0.1, -0.05) is 12.8 Å². The molecule has 0 radical (unpaired) electrons. The molecule has 2 aliphatic rings. The number of aliphatic hydroxyl groups excluding tert-OH is 1. The number of rotatable bonds is 6. The fourth-order valence-corrected chi connectivity index (χ4v) is 3.58. The summed E-state index contributed by atoms with van der Waals surface area (Å²) in [6.07, 6.45) is 6.68. The quantitative estimate of drug-likeness (QED) is 0.639. The van der Waals surface area contributed by atoms with Gasteiger partial charge in [0.1, 0.15) is 0 Å². The first kappa shape index (κ1) is 14.6. The van der Waals surface area contributed by atoms with Crippen molar-refractivity contribution in [2.45, 2.75) is 57.6 Å². The predicted molar refractivity (Wildman–Crippen MR) is 73.0 cm³/mol. The largest absolute Gasteiger partial charge is 0.396 e. The van der Waals surface area contributed by atoms with Gasteiger partial charge in [-0.25, -0.2) is 4.79 Å². The molecule has 5 nitrogen and oxygen atoms in total. The summed E-state index contributed by atoms with van der Waals surface area (Å²) in [6.45, 7) is 3.42. The fraction of sp³-hybridized carbons (Fsp3) is 0.929. The molecule has 2 rings (SSSR count). The Hall–Kier alpha value is -0.810. The third-order valence-electron chi connectivity index (χ3n) is 4.61. The molecule has 0 aromatic rings. The highest BCUT2D eigenvalue weighted by atomic mass is 16.5. The van der Waals surface area contributed by atoms with Crippen molar-refractivity contribution in [3.8, 4) is 0 Å². The van der Waals surface area contributed by atoms with E-state index in [1.54, 1.807) is 0 Å². The number of nitrogens with one attached hydrogen (secondary N) is 2. The SMILES string of the molecule is CCOC1CC(NC(=O)NCCCO)C12CCCC2. The van der Waals surface area contributed by atoms with Gasteiger partial charge in [-0.15, -0.1) is 0 Å². The van der Waals surface area contributed by atoms with E-state index >= 15 is 0 Å². The number of urea groups is 1. The molecule has 2 amide bonds. The van der Waals surface area contributed by atoms with Gasteiger partial charge in [0.25, 0.3) is 0 Å². The molecule has 0 aliphatic heterocycles. The van der Waals surface area contributed by atoms with Gasteiger partial charge in [-0.05, 0) is 32.6 Å². The van der Waals surface area contributed by atoms with Crippen LogP contribution in [0.1, 0.15) is 45.4 Å². The normalized spacial score (nSPS) is 28.1. The first-order valence-corrected chi connectivity index (χ1v) is 7.50. The zero-order valence-corrected chi connectivity index (χ0v) is 11.8. The minimum Gasteiger partial charge on any atom is -0.396 e. The number of hydrogen-bond donors (Lipinski definition) is 3. The van der Waals surface area contributed by atoms with Crippen molar-refractivity contribution in [3.63, 3.8) is 0 Å². The van der Waals surface area contributed by atoms with E-state index in [4.69, 9.17) is 9.84 Å². The van der Waals surface area contributed by atoms with E-state index < -0.39 is 0 Å². The Labute approximate surface area is 115 Å². The molecule has 1 spiro atoms. The monoisotopic (exact) mass is 270 g/mol. The van der Waals surface area contributed by atoms with Crippen LogP contribution in [0.25, 0.3) is 0 Å². The lowest BCUT2D eigenvalue weighted by atomic mass is 9.60. The third-order valence-corrected chi connectivity index (χ3v) is 4.61. The van der Waals surface area contributed by atoms with Crippen molar-refractivity contribution in [3.05, 3.63) is 0 Å². The van der Waals surface area contributed by atoms with Crippen LogP contribution in [0.2, 0.25) is 0 Å². The van der Waals surface area contributed by atoms with E-state index in [2.05, 4.69) is 10.6 Å². The van der Waals surface area contributed by atoms with Crippen molar-refractivity contribution >= 4 is 6.03 Å². The summed E-state index contributed by atoms with van der Waals surface area (Å²) in [6, 6.07) is 0.139. The highest BCUT2D eigenvalue weighted by molar-refractivity contribution is 5.74. The topological polar surface area (TPSA) is 70.6 Å². The molecule has 0 aromatic carbocycles. The average molecular weight is 270 g/mol. The number of hydrogen-bond acceptors (Lipinski definition) is 3. The Kier molecular flexibility index (Phi) is 5.05. The Morgan fingerprint density at radius 1 is 1.42 bits per heavy atom. The highest BCUT2D eigenvalue weighted by Gasteiger charge is 2.57. The molecular formula is C14H26N2O3. The van der Waals surface area contributed by atoms with Crippen LogP contribution in [-0.4, -0.2) is 43.0 Å². The van der Waals surface area contributed by atoms with Gasteiger partial charge in [0.05, 0.1) is 6.10 Å². The van der Waals surface area contributed by atoms with Gasteiger partial charge in [0.15, 0.2) is 0 Å². The molecular weight excluding hydrogens is 244 g/mol. The summed E-state index contributed by atoms with van der Waals surface area (Å²) in [5.41, 5.74) is 0.185. The van der Waals surface area contributed by atoms with Gasteiger partial charge in [-0.3, -0.25) is 0 Å². The summed E-state index contributed by atoms with van der Waals surface area (Å²) < 4.78 is 5.82. The molecule has 3 N–H and O–H groups in total. The Morgan fingerprint density at radius 3 is 2.79 bits per heavy atom. The lowest BCUT2D eigenvalue weighted by molar-refractivity contribution is -0.126. The van der Waals surface area contributed by atoms with Crippen molar-refractivity contribution in [1.82, 2.24) is 10.6 Å². The molecule has 2 fully saturated rings. The van der Waals surface area contributed by atoms with Crippen molar-refractivity contribution in [1.29, 1.82) is 0 Å². The maximum absolute atomic E-state index is 11.8. The second kappa shape index (κ2) is 6.57. The zero-order chi connectivity index (χ0) is 13.7. The van der Waals surface area contributed by atoms with Crippen molar-refractivity contribution in [2.24, 2.45) is 5.41 Å². The average Bonchev–Trinajstić information content (AvgIpc) is 2.90. The predicted octanol–water partition coefficient (Wildman–Crippen LogP) is 1.41. The molecule has 2 atom stereocenters. The van der Waals surface area contributed by atoms with E-state index in [9.17, 15) is 4.79 Å². The maximum Gasteiger partial charge on any atom is 0.315 e. The Bertz CT molecular complexity index is 303. The first-order valence-electron chi connectivity index (χ1n) is 7.50. The third kappa shape index (κ3) is 3.03. The summed E-state index contributed by atoms with van der Waals surface area (Å²) in [5, 5.41) is 14.6. The van der Waals surface area contributed by atoms with E-state index in [-0.39, 0.29) is 24.1 Å². The van der Waals surface area contributed by atoms with Crippen LogP contribution in [-0.2, 0) is 4.74 Å². The smallest absolute Gasteiger partial charge is 0.315 e. The number of ether oxygens (including phenoxy) is 1. The Balaban J connectivity index is 1.82. The van der Waals surface area contributed by atoms with Crippen molar-refractivity contribution in [2.75, 3.05) is 19.8 Å². The van der Waals surface area contributed by atoms with Gasteiger partial charge >= 0.3 is 6.03 Å². The van der Waals surface area contributed by atoms with Crippen LogP contribution in [0.15, 0.2) is 0 Å². The minimum absolute atomic E-state index is 0.111. The minimum atomic E-state index is -0.111. The second-order valence-corrected chi connectivity index (χ2v) is 5.65. The van der Waals surface area contributed by atoms with Gasteiger partial charge in [0.2, 0.25) is 0 Å². The van der Waals surface area contributed by atoms with E-state index in [1.807, 2.05) is 6.92 Å². The van der Waals surface area contributed by atoms with Gasteiger partial charge < -0.3 is 20.5 Å². The number of aliphatic hydroxyl groups is 1. The Morgan fingerprint density at radius 2 is 2.16 bits per heavy atom. The molecule has 5 heteroatoms. The van der Waals surface area contributed by atoms with Crippen molar-refractivity contribution < 1.29 is 14.6 Å². The van der Waals surface area contributed by atoms with E-state index in [0.717, 1.165) is 13.0 Å². The standard InChI is InChI=1S/C14H26N2O3/c1-2-19-12-10-11(14(12)6-3-4-7-14)16-13(18)15-8-5-9-17/h11-12,17H,2-10H2,1H3,(H2,15,16,18). The summed E-state index contributed by atoms with van der Waals surface area (Å²) >= 11 is 0. The molecule has 110 valence electrons. The van der Waals surface area contributed by atoms with Gasteiger partial charge in [0, 0.05) is 31.2 Å². The molecule has 0 aromatic heterocycles. The van der Waals surface area contributed by atoms with Crippen LogP contribution in [0.5, 0.6) is 0 Å². The van der Waals surface area contributed by atoms with Gasteiger partial charge in [-0.2, -0.15) is 0 Å². The number of amides is 2. The van der Waals surface area contributed by atoms with E-state index in [0.29, 0.717) is 19.1 Å². The summed E-state index contributed by atoms with van der Waals surface area (Å²) in [4.78, 5) is 11.8. The van der Waals surface area contributed by atoms with Crippen LogP contribution in [0, 0.1) is 5.41 Å². The number of carbonyl (C=O) groups is 1. The molecule has 19 heavy (non-hydrogen) atoms. The zero-order valence-electron chi connectivity index (χ0n) is 11.8. The molecule has 2 saturated carbocycles. The summed E-state index contributed by atoms with van der Waals surface area (Å²) in [7, 11) is 0. The second-order valence-electron chi connectivity index (χ2n) is 5.65. The molecule has 0 bridgehead atoms. The number of carbonyl (C=O) groups excluding carboxylic acids is 1. The summed E-state index contributed by atoms with van der Waals surface area (Å²) in [5.74, 6) is 0. The first-order chi connectivity index (χ1) is 9.23. The van der Waals surface area contributed by atoms with Crippen LogP contribution in [0.3, 0.4) is 0 Å². The highest BCUT2D eigenvalue weighted by Crippen LogP contribution is 2.54. The fourth-order valence-electron chi connectivity index (χ4n) is 3.58. The van der Waals surface area contributed by atoms with E-state index in [1.165, 1.54) is 25.7 Å². The lowest BCUT2D eigenvalue weighted by Gasteiger charge is -2.53. The van der Waals surface area contributed by atoms with Crippen LogP contribution < -0.4 is 10.6 Å². The molecule has 0 heterocycles. The molecule has 0 saturated heterocycles. The molecule has 2 unspecified atom stereocenters. The van der Waals surface area contributed by atoms with Crippen LogP contribution >= 0.6 is 0 Å². The van der Waals surface area contributed by atoms with Crippen LogP contribution in [0.4, 0.5) is 4.79 Å². The molecule has 2 aliphatic carbocycles. The lowest BCUT2D eigenvalue weighted by Crippen LogP contribution is -2.64.